The largest absolute Gasteiger partial charge is 0.456 e. The van der Waals surface area contributed by atoms with Crippen molar-refractivity contribution in [2.24, 2.45) is 5.11 Å². The first-order chi connectivity index (χ1) is 9.00. The zero-order chi connectivity index (χ0) is 13.9. The van der Waals surface area contributed by atoms with Gasteiger partial charge in [-0.15, -0.1) is 0 Å². The van der Waals surface area contributed by atoms with Crippen LogP contribution in [-0.4, -0.2) is 31.9 Å². The van der Waals surface area contributed by atoms with Gasteiger partial charge in [-0.05, 0) is 24.1 Å². The second-order valence-electron chi connectivity index (χ2n) is 4.23. The fourth-order valence-electron chi connectivity index (χ4n) is 1.85. The van der Waals surface area contributed by atoms with Gasteiger partial charge in [-0.2, -0.15) is 0 Å². The van der Waals surface area contributed by atoms with Gasteiger partial charge in [-0.1, -0.05) is 5.11 Å². The van der Waals surface area contributed by atoms with Crippen molar-refractivity contribution in [3.63, 3.8) is 0 Å². The van der Waals surface area contributed by atoms with E-state index in [1.165, 1.54) is 12.1 Å². The highest BCUT2D eigenvalue weighted by Crippen LogP contribution is 2.14. The summed E-state index contributed by atoms with van der Waals surface area (Å²) < 4.78 is 27.7. The fraction of sp³-hybridized carbons (Fsp3) is 0.500. The van der Waals surface area contributed by atoms with Gasteiger partial charge in [0.1, 0.15) is 5.76 Å². The van der Waals surface area contributed by atoms with Crippen molar-refractivity contribution >= 4 is 15.7 Å². The molecule has 1 amide bonds. The molecule has 1 aromatic heterocycles. The topological polar surface area (TPSA) is 125 Å². The normalized spacial score (nSPS) is 20.7. The summed E-state index contributed by atoms with van der Waals surface area (Å²) in [7, 11) is -3.03. The van der Waals surface area contributed by atoms with Crippen molar-refractivity contribution in [3.8, 4) is 0 Å². The lowest BCUT2D eigenvalue weighted by molar-refractivity contribution is 0.0911. The number of rotatable bonds is 4. The number of amides is 1. The molecule has 1 aromatic rings. The van der Waals surface area contributed by atoms with E-state index >= 15 is 0 Å². The molecule has 0 bridgehead atoms. The van der Waals surface area contributed by atoms with E-state index in [9.17, 15) is 13.2 Å². The lowest BCUT2D eigenvalue weighted by Crippen LogP contribution is -2.35. The lowest BCUT2D eigenvalue weighted by Gasteiger charge is -2.08. The molecule has 102 valence electrons. The molecule has 0 spiro atoms. The van der Waals surface area contributed by atoms with Crippen LogP contribution in [0.3, 0.4) is 0 Å². The number of carbonyl (C=O) groups is 1. The van der Waals surface area contributed by atoms with E-state index in [-0.39, 0.29) is 29.9 Å². The van der Waals surface area contributed by atoms with Gasteiger partial charge in [-0.25, -0.2) is 8.42 Å². The van der Waals surface area contributed by atoms with E-state index in [4.69, 9.17) is 9.95 Å². The summed E-state index contributed by atoms with van der Waals surface area (Å²) in [4.78, 5) is 14.4. The number of furan rings is 1. The number of azide groups is 1. The average molecular weight is 284 g/mol. The van der Waals surface area contributed by atoms with Gasteiger partial charge in [0.15, 0.2) is 15.6 Å². The van der Waals surface area contributed by atoms with Crippen molar-refractivity contribution in [2.75, 3.05) is 11.5 Å². The van der Waals surface area contributed by atoms with Crippen LogP contribution in [0.25, 0.3) is 10.4 Å². The van der Waals surface area contributed by atoms with E-state index in [1.807, 2.05) is 0 Å². The second kappa shape index (κ2) is 5.33. The van der Waals surface area contributed by atoms with Gasteiger partial charge in [-0.3, -0.25) is 4.79 Å². The molecule has 0 aliphatic carbocycles. The molecule has 1 aliphatic heterocycles. The van der Waals surface area contributed by atoms with Gasteiger partial charge >= 0.3 is 0 Å². The molecule has 1 N–H and O–H groups in total. The Morgan fingerprint density at radius 2 is 2.37 bits per heavy atom. The first kappa shape index (κ1) is 13.4. The van der Waals surface area contributed by atoms with E-state index < -0.39 is 15.7 Å². The maximum absolute atomic E-state index is 11.8. The molecule has 1 fully saturated rings. The summed E-state index contributed by atoms with van der Waals surface area (Å²) in [5.41, 5.74) is 8.16. The van der Waals surface area contributed by atoms with Crippen LogP contribution in [-0.2, 0) is 16.4 Å². The average Bonchev–Trinajstić information content (AvgIpc) is 2.93. The Hall–Kier alpha value is -1.99. The zero-order valence-electron chi connectivity index (χ0n) is 9.94. The SMILES string of the molecule is [N-]=[N+]=NCc1ccc(C(=O)NC2CCS(=O)(=O)C2)o1. The van der Waals surface area contributed by atoms with Gasteiger partial charge < -0.3 is 9.73 Å². The minimum absolute atomic E-state index is 0.0294. The minimum Gasteiger partial charge on any atom is -0.456 e. The van der Waals surface area contributed by atoms with Crippen LogP contribution in [0.4, 0.5) is 0 Å². The van der Waals surface area contributed by atoms with Crippen LogP contribution in [0.1, 0.15) is 22.7 Å². The van der Waals surface area contributed by atoms with Gasteiger partial charge in [0.25, 0.3) is 5.91 Å². The van der Waals surface area contributed by atoms with Gasteiger partial charge in [0.05, 0.1) is 18.1 Å². The van der Waals surface area contributed by atoms with Gasteiger partial charge in [0.2, 0.25) is 0 Å². The third-order valence-corrected chi connectivity index (χ3v) is 4.51. The van der Waals surface area contributed by atoms with E-state index in [1.54, 1.807) is 0 Å². The Morgan fingerprint density at radius 3 is 3.00 bits per heavy atom. The third-order valence-electron chi connectivity index (χ3n) is 2.74. The summed E-state index contributed by atoms with van der Waals surface area (Å²) in [6.07, 6.45) is 0.417. The molecule has 9 heteroatoms. The fourth-order valence-corrected chi connectivity index (χ4v) is 3.52. The summed E-state index contributed by atoms with van der Waals surface area (Å²) in [6, 6.07) is 2.62. The molecule has 8 nitrogen and oxygen atoms in total. The number of nitrogens with one attached hydrogen (secondary N) is 1. The lowest BCUT2D eigenvalue weighted by atomic mass is 10.2. The molecule has 0 aromatic carbocycles. The van der Waals surface area contributed by atoms with Crippen LogP contribution >= 0.6 is 0 Å². The predicted octanol–water partition coefficient (Wildman–Crippen LogP) is 1.01. The van der Waals surface area contributed by atoms with Crippen LogP contribution < -0.4 is 5.32 Å². The van der Waals surface area contributed by atoms with Crippen molar-refractivity contribution in [2.45, 2.75) is 19.0 Å². The summed E-state index contributed by atoms with van der Waals surface area (Å²) in [5, 5.41) is 5.92. The van der Waals surface area contributed by atoms with Crippen molar-refractivity contribution in [3.05, 3.63) is 34.1 Å². The van der Waals surface area contributed by atoms with Crippen LogP contribution in [0, 0.1) is 0 Å². The highest BCUT2D eigenvalue weighted by Gasteiger charge is 2.29. The molecule has 2 rings (SSSR count). The van der Waals surface area contributed by atoms with E-state index in [0.717, 1.165) is 0 Å². The van der Waals surface area contributed by atoms with Crippen molar-refractivity contribution in [1.29, 1.82) is 0 Å². The third kappa shape index (κ3) is 3.49. The Kier molecular flexibility index (Phi) is 3.77. The quantitative estimate of drug-likeness (QED) is 0.503. The molecule has 2 heterocycles. The molecular weight excluding hydrogens is 272 g/mol. The molecule has 0 radical (unpaired) electrons. The number of carbonyl (C=O) groups excluding carboxylic acids is 1. The number of sulfone groups is 1. The van der Waals surface area contributed by atoms with E-state index in [0.29, 0.717) is 12.2 Å². The van der Waals surface area contributed by atoms with E-state index in [2.05, 4.69) is 15.3 Å². The minimum atomic E-state index is -3.03. The summed E-state index contributed by atoms with van der Waals surface area (Å²) in [5.74, 6) is 0.0484. The Morgan fingerprint density at radius 1 is 1.58 bits per heavy atom. The molecule has 1 saturated heterocycles. The van der Waals surface area contributed by atoms with Crippen molar-refractivity contribution < 1.29 is 17.6 Å². The Labute approximate surface area is 109 Å². The predicted molar refractivity (Wildman–Crippen MR) is 66.1 cm³/mol. The number of nitrogens with zero attached hydrogens (tertiary/aromatic N) is 3. The summed E-state index contributed by atoms with van der Waals surface area (Å²) >= 11 is 0. The maximum atomic E-state index is 11.8. The number of hydrogen-bond donors (Lipinski definition) is 1. The molecular formula is C10H12N4O4S. The standard InChI is InChI=1S/C10H12N4O4S/c11-14-12-5-8-1-2-9(18-8)10(15)13-7-3-4-19(16,17)6-7/h1-2,7H,3-6H2,(H,13,15). The maximum Gasteiger partial charge on any atom is 0.287 e. The van der Waals surface area contributed by atoms with Crippen molar-refractivity contribution in [1.82, 2.24) is 5.32 Å². The molecule has 1 aliphatic rings. The first-order valence-electron chi connectivity index (χ1n) is 5.61. The molecule has 19 heavy (non-hydrogen) atoms. The molecule has 1 unspecified atom stereocenters. The monoisotopic (exact) mass is 284 g/mol. The molecule has 0 saturated carbocycles. The van der Waals surface area contributed by atoms with Gasteiger partial charge in [0, 0.05) is 11.0 Å². The van der Waals surface area contributed by atoms with Crippen LogP contribution in [0.2, 0.25) is 0 Å². The first-order valence-corrected chi connectivity index (χ1v) is 7.43. The highest BCUT2D eigenvalue weighted by molar-refractivity contribution is 7.91. The van der Waals surface area contributed by atoms with Crippen LogP contribution in [0.5, 0.6) is 0 Å². The second-order valence-corrected chi connectivity index (χ2v) is 6.46. The Balaban J connectivity index is 1.96. The molecule has 1 atom stereocenters. The highest BCUT2D eigenvalue weighted by atomic mass is 32.2. The zero-order valence-corrected chi connectivity index (χ0v) is 10.8. The Bertz CT molecular complexity index is 630. The summed E-state index contributed by atoms with van der Waals surface area (Å²) in [6.45, 7) is 0.0294. The number of hydrogen-bond acceptors (Lipinski definition) is 5. The van der Waals surface area contributed by atoms with Crippen LogP contribution in [0.15, 0.2) is 21.7 Å². The smallest absolute Gasteiger partial charge is 0.287 e.